The maximum Gasteiger partial charge on any atom is 0.308 e. The second-order valence-corrected chi connectivity index (χ2v) is 5.52. The molecule has 0 radical (unpaired) electrons. The highest BCUT2D eigenvalue weighted by molar-refractivity contribution is 6.31. The third kappa shape index (κ3) is 3.67. The monoisotopic (exact) mass is 311 g/mol. The van der Waals surface area contributed by atoms with Crippen molar-refractivity contribution < 1.29 is 19.4 Å². The van der Waals surface area contributed by atoms with Crippen LogP contribution in [-0.2, 0) is 16.0 Å². The van der Waals surface area contributed by atoms with E-state index in [1.165, 1.54) is 7.11 Å². The number of carboxylic acids is 1. The normalized spacial score (nSPS) is 18.4. The Morgan fingerprint density at radius 2 is 2.24 bits per heavy atom. The summed E-state index contributed by atoms with van der Waals surface area (Å²) in [7, 11) is 1.53. The minimum Gasteiger partial charge on any atom is -0.496 e. The molecule has 0 unspecified atom stereocenters. The van der Waals surface area contributed by atoms with Crippen LogP contribution in [-0.4, -0.2) is 42.1 Å². The van der Waals surface area contributed by atoms with Crippen molar-refractivity contribution in [2.45, 2.75) is 19.3 Å². The first kappa shape index (κ1) is 15.6. The van der Waals surface area contributed by atoms with Crippen LogP contribution in [0.2, 0.25) is 5.02 Å². The molecule has 1 atom stereocenters. The SMILES string of the molecule is COc1cccc(Cl)c1CC(=O)N1CCC[C@H](C(=O)O)C1. The Hall–Kier alpha value is -1.75. The van der Waals surface area contributed by atoms with Gasteiger partial charge in [0.25, 0.3) is 0 Å². The van der Waals surface area contributed by atoms with Gasteiger partial charge in [0.05, 0.1) is 19.4 Å². The van der Waals surface area contributed by atoms with Crippen LogP contribution in [0.15, 0.2) is 18.2 Å². The summed E-state index contributed by atoms with van der Waals surface area (Å²) >= 11 is 6.13. The summed E-state index contributed by atoms with van der Waals surface area (Å²) in [6.07, 6.45) is 1.45. The average molecular weight is 312 g/mol. The lowest BCUT2D eigenvalue weighted by molar-refractivity contribution is -0.145. The van der Waals surface area contributed by atoms with Crippen LogP contribution in [0.3, 0.4) is 0 Å². The molecule has 0 aromatic heterocycles. The number of hydrogen-bond acceptors (Lipinski definition) is 3. The second-order valence-electron chi connectivity index (χ2n) is 5.11. The Morgan fingerprint density at radius 3 is 2.90 bits per heavy atom. The first-order valence-electron chi connectivity index (χ1n) is 6.85. The fourth-order valence-electron chi connectivity index (χ4n) is 2.57. The smallest absolute Gasteiger partial charge is 0.308 e. The molecule has 21 heavy (non-hydrogen) atoms. The zero-order valence-electron chi connectivity index (χ0n) is 11.8. The van der Waals surface area contributed by atoms with Gasteiger partial charge in [-0.3, -0.25) is 9.59 Å². The number of hydrogen-bond donors (Lipinski definition) is 1. The van der Waals surface area contributed by atoms with Crippen LogP contribution >= 0.6 is 11.6 Å². The highest BCUT2D eigenvalue weighted by Crippen LogP contribution is 2.28. The van der Waals surface area contributed by atoms with Gasteiger partial charge in [-0.1, -0.05) is 17.7 Å². The standard InChI is InChI=1S/C15H18ClNO4/c1-21-13-6-2-5-12(16)11(13)8-14(18)17-7-3-4-10(9-17)15(19)20/h2,5-6,10H,3-4,7-9H2,1H3,(H,19,20)/t10-/m0/s1. The molecular formula is C15H18ClNO4. The Balaban J connectivity index is 2.09. The van der Waals surface area contributed by atoms with Crippen molar-refractivity contribution >= 4 is 23.5 Å². The van der Waals surface area contributed by atoms with Gasteiger partial charge in [-0.05, 0) is 25.0 Å². The fourth-order valence-corrected chi connectivity index (χ4v) is 2.80. The molecule has 1 aliphatic rings. The van der Waals surface area contributed by atoms with E-state index >= 15 is 0 Å². The Labute approximate surface area is 128 Å². The second kappa shape index (κ2) is 6.80. The molecule has 6 heteroatoms. The molecule has 1 aromatic carbocycles. The minimum absolute atomic E-state index is 0.118. The van der Waals surface area contributed by atoms with Crippen LogP contribution in [0.5, 0.6) is 5.75 Å². The van der Waals surface area contributed by atoms with Crippen LogP contribution in [0.25, 0.3) is 0 Å². The lowest BCUT2D eigenvalue weighted by Gasteiger charge is -2.31. The molecule has 114 valence electrons. The van der Waals surface area contributed by atoms with Crippen LogP contribution in [0, 0.1) is 5.92 Å². The average Bonchev–Trinajstić information content (AvgIpc) is 2.49. The topological polar surface area (TPSA) is 66.8 Å². The van der Waals surface area contributed by atoms with Crippen LogP contribution < -0.4 is 4.74 Å². The highest BCUT2D eigenvalue weighted by atomic mass is 35.5. The van der Waals surface area contributed by atoms with Crippen LogP contribution in [0.1, 0.15) is 18.4 Å². The zero-order valence-corrected chi connectivity index (χ0v) is 12.6. The molecule has 0 spiro atoms. The number of piperidine rings is 1. The van der Waals surface area contributed by atoms with Crippen molar-refractivity contribution in [3.05, 3.63) is 28.8 Å². The maximum absolute atomic E-state index is 12.4. The maximum atomic E-state index is 12.4. The van der Waals surface area contributed by atoms with E-state index in [0.29, 0.717) is 35.7 Å². The van der Waals surface area contributed by atoms with Gasteiger partial charge in [-0.25, -0.2) is 0 Å². The first-order valence-corrected chi connectivity index (χ1v) is 7.22. The van der Waals surface area contributed by atoms with E-state index in [2.05, 4.69) is 0 Å². The van der Waals surface area contributed by atoms with Gasteiger partial charge in [-0.15, -0.1) is 0 Å². The van der Waals surface area contributed by atoms with Gasteiger partial charge in [0, 0.05) is 23.7 Å². The summed E-state index contributed by atoms with van der Waals surface area (Å²) in [5.74, 6) is -0.867. The Kier molecular flexibility index (Phi) is 5.07. The molecule has 0 bridgehead atoms. The predicted octanol–water partition coefficient (Wildman–Crippen LogP) is 2.21. The van der Waals surface area contributed by atoms with Gasteiger partial charge in [-0.2, -0.15) is 0 Å². The van der Waals surface area contributed by atoms with Crippen molar-refractivity contribution in [1.82, 2.24) is 4.90 Å². The third-order valence-corrected chi connectivity index (χ3v) is 4.10. The van der Waals surface area contributed by atoms with E-state index in [4.69, 9.17) is 21.4 Å². The molecule has 1 amide bonds. The number of nitrogens with zero attached hydrogens (tertiary/aromatic N) is 1. The molecule has 1 N–H and O–H groups in total. The number of carboxylic acid groups (broad SMARTS) is 1. The molecule has 0 aliphatic carbocycles. The fraction of sp³-hybridized carbons (Fsp3) is 0.467. The van der Waals surface area contributed by atoms with E-state index in [1.807, 2.05) is 0 Å². The van der Waals surface area contributed by atoms with E-state index < -0.39 is 11.9 Å². The molecule has 1 aliphatic heterocycles. The van der Waals surface area contributed by atoms with Crippen molar-refractivity contribution in [1.29, 1.82) is 0 Å². The van der Waals surface area contributed by atoms with Gasteiger partial charge in [0.1, 0.15) is 5.75 Å². The van der Waals surface area contributed by atoms with Crippen molar-refractivity contribution in [3.63, 3.8) is 0 Å². The molecule has 5 nitrogen and oxygen atoms in total. The van der Waals surface area contributed by atoms with Gasteiger partial charge in [0.2, 0.25) is 5.91 Å². The number of amides is 1. The van der Waals surface area contributed by atoms with Gasteiger partial charge >= 0.3 is 5.97 Å². The summed E-state index contributed by atoms with van der Waals surface area (Å²) in [6, 6.07) is 5.23. The van der Waals surface area contributed by atoms with E-state index in [1.54, 1.807) is 23.1 Å². The lowest BCUT2D eigenvalue weighted by Crippen LogP contribution is -2.43. The number of methoxy groups -OCH3 is 1. The first-order chi connectivity index (χ1) is 10.0. The number of likely N-dealkylation sites (tertiary alicyclic amines) is 1. The number of aliphatic carboxylic acids is 1. The minimum atomic E-state index is -0.845. The molecule has 2 rings (SSSR count). The Bertz CT molecular complexity index is 546. The van der Waals surface area contributed by atoms with Crippen molar-refractivity contribution in [2.24, 2.45) is 5.92 Å². The quantitative estimate of drug-likeness (QED) is 0.926. The predicted molar refractivity (Wildman–Crippen MR) is 78.6 cm³/mol. The molecule has 0 saturated carbocycles. The lowest BCUT2D eigenvalue weighted by atomic mass is 9.97. The zero-order chi connectivity index (χ0) is 15.4. The number of ether oxygens (including phenoxy) is 1. The van der Waals surface area contributed by atoms with Gasteiger partial charge < -0.3 is 14.7 Å². The van der Waals surface area contributed by atoms with Gasteiger partial charge in [0.15, 0.2) is 0 Å². The van der Waals surface area contributed by atoms with Crippen molar-refractivity contribution in [2.75, 3.05) is 20.2 Å². The van der Waals surface area contributed by atoms with E-state index in [0.717, 1.165) is 0 Å². The summed E-state index contributed by atoms with van der Waals surface area (Å²) in [5.41, 5.74) is 0.643. The summed E-state index contributed by atoms with van der Waals surface area (Å²) < 4.78 is 5.22. The van der Waals surface area contributed by atoms with Crippen LogP contribution in [0.4, 0.5) is 0 Å². The van der Waals surface area contributed by atoms with E-state index in [-0.39, 0.29) is 18.9 Å². The number of benzene rings is 1. The summed E-state index contributed by atoms with van der Waals surface area (Å²) in [6.45, 7) is 0.857. The number of carbonyl (C=O) groups excluding carboxylic acids is 1. The summed E-state index contributed by atoms with van der Waals surface area (Å²) in [4.78, 5) is 25.0. The Morgan fingerprint density at radius 1 is 1.48 bits per heavy atom. The summed E-state index contributed by atoms with van der Waals surface area (Å²) in [5, 5.41) is 9.56. The molecular weight excluding hydrogens is 294 g/mol. The molecule has 1 aromatic rings. The molecule has 1 fully saturated rings. The molecule has 1 heterocycles. The third-order valence-electron chi connectivity index (χ3n) is 3.75. The number of halogens is 1. The number of carbonyl (C=O) groups is 2. The van der Waals surface area contributed by atoms with E-state index in [9.17, 15) is 9.59 Å². The van der Waals surface area contributed by atoms with Crippen molar-refractivity contribution in [3.8, 4) is 5.75 Å². The largest absolute Gasteiger partial charge is 0.496 e. The highest BCUT2D eigenvalue weighted by Gasteiger charge is 2.28. The number of rotatable bonds is 4. The molecule has 1 saturated heterocycles.